The Morgan fingerprint density at radius 3 is 2.54 bits per heavy atom. The standard InChI is InChI=1S/C28H30ClN7O3/c29-19-14-20(16-32-15-19)35-5-7-36(8-6-35)24-12-17(1-2-22(24)28(31)37)18-11-23-26(27(30)34-33-23)25(13-18)39-21-3-9-38-10-4-21/h1-2,11-16,21H,3-10H2,(H2,31,37)(H3,30,33,34). The molecule has 11 heteroatoms. The zero-order valence-electron chi connectivity index (χ0n) is 21.4. The third-order valence-corrected chi connectivity index (χ3v) is 7.60. The van der Waals surface area contributed by atoms with Gasteiger partial charge in [-0.1, -0.05) is 17.7 Å². The fraction of sp³-hybridized carbons (Fsp3) is 0.321. The third kappa shape index (κ3) is 5.17. The fourth-order valence-electron chi connectivity index (χ4n) is 5.34. The molecule has 6 rings (SSSR count). The van der Waals surface area contributed by atoms with E-state index in [0.717, 1.165) is 59.3 Å². The summed E-state index contributed by atoms with van der Waals surface area (Å²) in [5.41, 5.74) is 16.9. The van der Waals surface area contributed by atoms with Crippen LogP contribution in [0.1, 0.15) is 23.2 Å². The number of amides is 1. The number of primary amides is 1. The van der Waals surface area contributed by atoms with E-state index in [1.54, 1.807) is 12.3 Å². The lowest BCUT2D eigenvalue weighted by Crippen LogP contribution is -2.47. The summed E-state index contributed by atoms with van der Waals surface area (Å²) >= 11 is 6.14. The molecule has 4 heterocycles. The third-order valence-electron chi connectivity index (χ3n) is 7.39. The molecule has 2 aliphatic heterocycles. The van der Waals surface area contributed by atoms with E-state index in [4.69, 9.17) is 32.5 Å². The van der Waals surface area contributed by atoms with Crippen LogP contribution >= 0.6 is 11.6 Å². The lowest BCUT2D eigenvalue weighted by Gasteiger charge is -2.38. The summed E-state index contributed by atoms with van der Waals surface area (Å²) < 4.78 is 11.9. The van der Waals surface area contributed by atoms with Gasteiger partial charge in [-0.2, -0.15) is 5.10 Å². The molecule has 0 atom stereocenters. The molecule has 2 aromatic heterocycles. The highest BCUT2D eigenvalue weighted by atomic mass is 35.5. The summed E-state index contributed by atoms with van der Waals surface area (Å²) in [4.78, 5) is 21.0. The van der Waals surface area contributed by atoms with E-state index >= 15 is 0 Å². The predicted molar refractivity (Wildman–Crippen MR) is 153 cm³/mol. The van der Waals surface area contributed by atoms with Crippen molar-refractivity contribution >= 4 is 45.6 Å². The Bertz CT molecular complexity index is 1510. The van der Waals surface area contributed by atoms with Gasteiger partial charge in [-0.05, 0) is 41.5 Å². The quantitative estimate of drug-likeness (QED) is 0.331. The molecule has 1 amide bonds. The van der Waals surface area contributed by atoms with E-state index in [2.05, 4.69) is 25.0 Å². The molecule has 2 saturated heterocycles. The van der Waals surface area contributed by atoms with E-state index in [1.807, 2.05) is 36.5 Å². The summed E-state index contributed by atoms with van der Waals surface area (Å²) in [6.45, 7) is 4.29. The predicted octanol–water partition coefficient (Wildman–Crippen LogP) is 3.84. The highest BCUT2D eigenvalue weighted by molar-refractivity contribution is 6.30. The molecule has 2 aromatic carbocycles. The van der Waals surface area contributed by atoms with Crippen LogP contribution in [0.5, 0.6) is 5.75 Å². The number of fused-ring (bicyclic) bond motifs is 1. The van der Waals surface area contributed by atoms with Crippen molar-refractivity contribution in [3.63, 3.8) is 0 Å². The number of H-pyrrole nitrogens is 1. The summed E-state index contributed by atoms with van der Waals surface area (Å²) in [6, 6.07) is 11.6. The number of nitrogens with two attached hydrogens (primary N) is 2. The van der Waals surface area contributed by atoms with Gasteiger partial charge in [0, 0.05) is 45.2 Å². The van der Waals surface area contributed by atoms with Gasteiger partial charge in [0.15, 0.2) is 5.82 Å². The Labute approximate surface area is 230 Å². The first-order chi connectivity index (χ1) is 19.0. The minimum atomic E-state index is -0.460. The molecule has 2 fully saturated rings. The smallest absolute Gasteiger partial charge is 0.250 e. The number of piperazine rings is 1. The number of carbonyl (C=O) groups is 1. The van der Waals surface area contributed by atoms with Crippen molar-refractivity contribution in [2.45, 2.75) is 18.9 Å². The number of aromatic amines is 1. The van der Waals surface area contributed by atoms with Gasteiger partial charge in [-0.3, -0.25) is 14.9 Å². The first kappa shape index (κ1) is 25.3. The molecule has 4 aromatic rings. The Balaban J connectivity index is 1.32. The number of rotatable bonds is 6. The number of benzene rings is 2. The maximum atomic E-state index is 12.4. The van der Waals surface area contributed by atoms with Crippen LogP contribution in [0, 0.1) is 0 Å². The molecule has 202 valence electrons. The van der Waals surface area contributed by atoms with Crippen LogP contribution in [-0.4, -0.2) is 66.6 Å². The SMILES string of the molecule is NC(=O)c1ccc(-c2cc(OC3CCOCC3)c3c(N)n[nH]c3c2)cc1N1CCN(c2cncc(Cl)c2)CC1. The number of aromatic nitrogens is 3. The van der Waals surface area contributed by atoms with Crippen molar-refractivity contribution in [1.29, 1.82) is 0 Å². The number of anilines is 3. The van der Waals surface area contributed by atoms with Gasteiger partial charge in [0.05, 0.1) is 52.3 Å². The van der Waals surface area contributed by atoms with Gasteiger partial charge in [0.2, 0.25) is 0 Å². The molecule has 0 saturated carbocycles. The highest BCUT2D eigenvalue weighted by Crippen LogP contribution is 2.38. The van der Waals surface area contributed by atoms with Gasteiger partial charge < -0.3 is 30.7 Å². The highest BCUT2D eigenvalue weighted by Gasteiger charge is 2.23. The first-order valence-electron chi connectivity index (χ1n) is 13.0. The number of nitrogen functional groups attached to an aromatic ring is 1. The van der Waals surface area contributed by atoms with E-state index in [1.165, 1.54) is 0 Å². The monoisotopic (exact) mass is 547 g/mol. The Kier molecular flexibility index (Phi) is 6.88. The Morgan fingerprint density at radius 2 is 1.79 bits per heavy atom. The topological polar surface area (TPSA) is 136 Å². The maximum Gasteiger partial charge on any atom is 0.250 e. The lowest BCUT2D eigenvalue weighted by atomic mass is 9.99. The molecule has 0 radical (unpaired) electrons. The molecular weight excluding hydrogens is 518 g/mol. The van der Waals surface area contributed by atoms with E-state index < -0.39 is 5.91 Å². The molecule has 0 bridgehead atoms. The van der Waals surface area contributed by atoms with Crippen LogP contribution < -0.4 is 26.0 Å². The molecule has 10 nitrogen and oxygen atoms in total. The number of ether oxygens (including phenoxy) is 2. The van der Waals surface area contributed by atoms with Crippen LogP contribution in [0.15, 0.2) is 48.8 Å². The number of hydrogen-bond donors (Lipinski definition) is 3. The first-order valence-corrected chi connectivity index (χ1v) is 13.4. The second kappa shape index (κ2) is 10.6. The summed E-state index contributed by atoms with van der Waals surface area (Å²) in [6.07, 6.45) is 5.12. The van der Waals surface area contributed by atoms with Crippen molar-refractivity contribution < 1.29 is 14.3 Å². The van der Waals surface area contributed by atoms with Gasteiger partial charge >= 0.3 is 0 Å². The number of hydrogen-bond acceptors (Lipinski definition) is 8. The molecule has 39 heavy (non-hydrogen) atoms. The summed E-state index contributed by atoms with van der Waals surface area (Å²) in [5.74, 6) is 0.624. The summed E-state index contributed by atoms with van der Waals surface area (Å²) in [5, 5.41) is 8.61. The Hall–Kier alpha value is -4.02. The largest absolute Gasteiger partial charge is 0.489 e. The lowest BCUT2D eigenvalue weighted by molar-refractivity contribution is 0.0262. The molecular formula is C28H30ClN7O3. The maximum absolute atomic E-state index is 12.4. The normalized spacial score (nSPS) is 16.5. The van der Waals surface area contributed by atoms with Crippen LogP contribution in [0.4, 0.5) is 17.2 Å². The van der Waals surface area contributed by atoms with Gasteiger partial charge in [0.1, 0.15) is 11.9 Å². The van der Waals surface area contributed by atoms with Gasteiger partial charge in [0.25, 0.3) is 5.91 Å². The minimum absolute atomic E-state index is 0.0466. The number of pyridine rings is 1. The van der Waals surface area contributed by atoms with Gasteiger partial charge in [-0.25, -0.2) is 0 Å². The summed E-state index contributed by atoms with van der Waals surface area (Å²) in [7, 11) is 0. The van der Waals surface area contributed by atoms with Crippen LogP contribution in [0.3, 0.4) is 0 Å². The molecule has 0 unspecified atom stereocenters. The molecule has 0 aliphatic carbocycles. The average Bonchev–Trinajstić information content (AvgIpc) is 3.34. The second-order valence-electron chi connectivity index (χ2n) is 9.87. The van der Waals surface area contributed by atoms with E-state index in [-0.39, 0.29) is 6.10 Å². The molecule has 2 aliphatic rings. The minimum Gasteiger partial charge on any atom is -0.489 e. The molecule has 0 spiro atoms. The van der Waals surface area contributed by atoms with E-state index in [0.29, 0.717) is 48.5 Å². The van der Waals surface area contributed by atoms with Crippen molar-refractivity contribution in [1.82, 2.24) is 15.2 Å². The van der Waals surface area contributed by atoms with Crippen LogP contribution in [-0.2, 0) is 4.74 Å². The van der Waals surface area contributed by atoms with E-state index in [9.17, 15) is 4.79 Å². The molecule has 5 N–H and O–H groups in total. The van der Waals surface area contributed by atoms with Crippen molar-refractivity contribution in [2.24, 2.45) is 5.73 Å². The fourth-order valence-corrected chi connectivity index (χ4v) is 5.51. The number of nitrogens with one attached hydrogen (secondary N) is 1. The van der Waals surface area contributed by atoms with Crippen LogP contribution in [0.2, 0.25) is 5.02 Å². The number of halogens is 1. The number of nitrogens with zero attached hydrogens (tertiary/aromatic N) is 4. The zero-order chi connectivity index (χ0) is 26.9. The van der Waals surface area contributed by atoms with Gasteiger partial charge in [-0.15, -0.1) is 0 Å². The van der Waals surface area contributed by atoms with Crippen molar-refractivity contribution in [2.75, 3.05) is 54.9 Å². The van der Waals surface area contributed by atoms with Crippen molar-refractivity contribution in [3.05, 3.63) is 59.4 Å². The van der Waals surface area contributed by atoms with Crippen molar-refractivity contribution in [3.8, 4) is 16.9 Å². The number of carbonyl (C=O) groups excluding carboxylic acids is 1. The Morgan fingerprint density at radius 1 is 1.03 bits per heavy atom. The zero-order valence-corrected chi connectivity index (χ0v) is 22.2. The van der Waals surface area contributed by atoms with Crippen LogP contribution in [0.25, 0.3) is 22.0 Å². The second-order valence-corrected chi connectivity index (χ2v) is 10.3. The average molecular weight is 548 g/mol.